The van der Waals surface area contributed by atoms with Crippen molar-refractivity contribution in [2.75, 3.05) is 19.7 Å². The summed E-state index contributed by atoms with van der Waals surface area (Å²) >= 11 is 0. The average Bonchev–Trinajstić information content (AvgIpc) is 2.98. The molecule has 1 saturated carbocycles. The van der Waals surface area contributed by atoms with Crippen molar-refractivity contribution in [1.82, 2.24) is 19.4 Å². The van der Waals surface area contributed by atoms with E-state index >= 15 is 0 Å². The van der Waals surface area contributed by atoms with E-state index in [0.29, 0.717) is 42.2 Å². The lowest BCUT2D eigenvalue weighted by Crippen LogP contribution is -2.58. The van der Waals surface area contributed by atoms with Crippen molar-refractivity contribution in [1.29, 1.82) is 0 Å². The van der Waals surface area contributed by atoms with Crippen LogP contribution < -0.4 is 5.56 Å². The Labute approximate surface area is 260 Å². The summed E-state index contributed by atoms with van der Waals surface area (Å²) in [6.45, 7) is 9.11. The summed E-state index contributed by atoms with van der Waals surface area (Å²) in [7, 11) is 0. The van der Waals surface area contributed by atoms with E-state index in [1.807, 2.05) is 32.0 Å². The Hall–Kier alpha value is -3.27. The van der Waals surface area contributed by atoms with Gasteiger partial charge in [-0.05, 0) is 76.3 Å². The number of carboxylic acid groups (broad SMARTS) is 1. The lowest BCUT2D eigenvalue weighted by molar-refractivity contribution is -0.136. The third-order valence-electron chi connectivity index (χ3n) is 10.2. The zero-order valence-electron chi connectivity index (χ0n) is 26.8. The maximum absolute atomic E-state index is 14.2. The van der Waals surface area contributed by atoms with Crippen LogP contribution in [0.3, 0.4) is 0 Å². The van der Waals surface area contributed by atoms with Crippen molar-refractivity contribution in [2.24, 2.45) is 17.0 Å². The molecule has 2 saturated heterocycles. The highest BCUT2D eigenvalue weighted by Crippen LogP contribution is 2.43. The SMILES string of the molecule is CCN(CC)C(=O)CO/N=C(\C(=O)O)c1nc2ccccc2n(C2CC3CCCC(C2)N3C2CC(C)CCCC(C)C2)c1=O. The molecule has 3 aliphatic rings. The van der Waals surface area contributed by atoms with Gasteiger partial charge in [0.05, 0.1) is 11.0 Å². The highest BCUT2D eigenvalue weighted by Gasteiger charge is 2.43. The number of benzene rings is 1. The van der Waals surface area contributed by atoms with E-state index in [4.69, 9.17) is 4.84 Å². The molecule has 1 aromatic heterocycles. The topological polar surface area (TPSA) is 117 Å². The molecule has 1 N–H and O–H groups in total. The monoisotopic (exact) mass is 607 g/mol. The van der Waals surface area contributed by atoms with Crippen LogP contribution in [-0.4, -0.2) is 79.9 Å². The van der Waals surface area contributed by atoms with Crippen LogP contribution in [0.25, 0.3) is 11.0 Å². The summed E-state index contributed by atoms with van der Waals surface area (Å²) < 4.78 is 1.78. The fourth-order valence-electron chi connectivity index (χ4n) is 8.19. The number of likely N-dealkylation sites (N-methyl/N-ethyl adjacent to an activating group) is 1. The number of fused-ring (bicyclic) bond motifs is 3. The molecule has 2 bridgehead atoms. The molecule has 1 amide bonds. The highest BCUT2D eigenvalue weighted by molar-refractivity contribution is 6.41. The number of hydrogen-bond donors (Lipinski definition) is 1. The number of carbonyl (C=O) groups excluding carboxylic acids is 1. The van der Waals surface area contributed by atoms with Crippen LogP contribution in [0.2, 0.25) is 0 Å². The van der Waals surface area contributed by atoms with Crippen molar-refractivity contribution >= 4 is 28.6 Å². The number of rotatable bonds is 9. The number of aliphatic carboxylic acids is 1. The smallest absolute Gasteiger partial charge is 0.360 e. The summed E-state index contributed by atoms with van der Waals surface area (Å²) in [4.78, 5) is 53.1. The summed E-state index contributed by atoms with van der Waals surface area (Å²) in [5.41, 5.74) is -0.0918. The summed E-state index contributed by atoms with van der Waals surface area (Å²) in [5.74, 6) is -0.290. The first-order chi connectivity index (χ1) is 21.2. The number of nitrogens with zero attached hydrogens (tertiary/aromatic N) is 5. The minimum Gasteiger partial charge on any atom is -0.476 e. The molecule has 0 radical (unpaired) electrons. The molecule has 10 heteroatoms. The molecule has 3 fully saturated rings. The predicted octanol–water partition coefficient (Wildman–Crippen LogP) is 5.23. The first-order valence-corrected chi connectivity index (χ1v) is 16.7. The molecule has 4 unspecified atom stereocenters. The van der Waals surface area contributed by atoms with E-state index in [-0.39, 0.29) is 17.6 Å². The Kier molecular flexibility index (Phi) is 10.4. The Morgan fingerprint density at radius 2 is 1.55 bits per heavy atom. The zero-order valence-corrected chi connectivity index (χ0v) is 26.8. The van der Waals surface area contributed by atoms with Gasteiger partial charge in [0, 0.05) is 37.3 Å². The molecular formula is C34H49N5O5. The number of para-hydroxylation sites is 2. The van der Waals surface area contributed by atoms with Gasteiger partial charge in [0.15, 0.2) is 12.3 Å². The normalized spacial score (nSPS) is 28.2. The summed E-state index contributed by atoms with van der Waals surface area (Å²) in [6, 6.07) is 8.68. The van der Waals surface area contributed by atoms with Crippen molar-refractivity contribution in [3.05, 3.63) is 40.3 Å². The minimum absolute atomic E-state index is 0.0793. The third kappa shape index (κ3) is 6.85. The van der Waals surface area contributed by atoms with E-state index in [1.54, 1.807) is 15.5 Å². The van der Waals surface area contributed by atoms with E-state index in [9.17, 15) is 19.5 Å². The molecule has 2 aliphatic heterocycles. The lowest BCUT2D eigenvalue weighted by Gasteiger charge is -2.53. The van der Waals surface area contributed by atoms with Crippen LogP contribution in [0.15, 0.2) is 34.2 Å². The van der Waals surface area contributed by atoms with Crippen molar-refractivity contribution < 1.29 is 19.5 Å². The predicted molar refractivity (Wildman–Crippen MR) is 171 cm³/mol. The molecule has 10 nitrogen and oxygen atoms in total. The number of aromatic nitrogens is 2. The van der Waals surface area contributed by atoms with Crippen LogP contribution in [-0.2, 0) is 14.4 Å². The minimum atomic E-state index is -1.43. The maximum Gasteiger partial charge on any atom is 0.360 e. The van der Waals surface area contributed by atoms with Gasteiger partial charge in [-0.1, -0.05) is 56.8 Å². The van der Waals surface area contributed by atoms with Gasteiger partial charge < -0.3 is 19.4 Å². The van der Waals surface area contributed by atoms with Gasteiger partial charge in [-0.3, -0.25) is 14.5 Å². The van der Waals surface area contributed by atoms with Gasteiger partial charge >= 0.3 is 5.97 Å². The maximum atomic E-state index is 14.2. The number of piperidine rings is 2. The largest absolute Gasteiger partial charge is 0.476 e. The Balaban J connectivity index is 1.48. The summed E-state index contributed by atoms with van der Waals surface area (Å²) in [6.07, 6.45) is 11.5. The second-order valence-electron chi connectivity index (χ2n) is 13.3. The first kappa shape index (κ1) is 32.1. The Morgan fingerprint density at radius 3 is 2.16 bits per heavy atom. The molecule has 1 aromatic carbocycles. The summed E-state index contributed by atoms with van der Waals surface area (Å²) in [5, 5.41) is 13.9. The van der Waals surface area contributed by atoms with E-state index in [1.165, 1.54) is 38.5 Å². The molecule has 2 aromatic rings. The molecule has 44 heavy (non-hydrogen) atoms. The molecule has 3 heterocycles. The highest BCUT2D eigenvalue weighted by atomic mass is 16.6. The van der Waals surface area contributed by atoms with Gasteiger partial charge in [-0.25, -0.2) is 9.78 Å². The second-order valence-corrected chi connectivity index (χ2v) is 13.3. The van der Waals surface area contributed by atoms with E-state index in [0.717, 1.165) is 37.5 Å². The van der Waals surface area contributed by atoms with Gasteiger partial charge in [0.1, 0.15) is 0 Å². The van der Waals surface area contributed by atoms with Crippen molar-refractivity contribution in [3.63, 3.8) is 0 Å². The first-order valence-electron chi connectivity index (χ1n) is 16.7. The van der Waals surface area contributed by atoms with Crippen molar-refractivity contribution in [2.45, 2.75) is 116 Å². The zero-order chi connectivity index (χ0) is 31.4. The average molecular weight is 608 g/mol. The second kappa shape index (κ2) is 14.2. The fraction of sp³-hybridized carbons (Fsp3) is 0.676. The van der Waals surface area contributed by atoms with Gasteiger partial charge in [0.25, 0.3) is 11.5 Å². The van der Waals surface area contributed by atoms with Crippen LogP contribution in [0.5, 0.6) is 0 Å². The van der Waals surface area contributed by atoms with Crippen LogP contribution >= 0.6 is 0 Å². The van der Waals surface area contributed by atoms with Crippen LogP contribution in [0.1, 0.15) is 104 Å². The standard InChI is InChI=1S/C34H49N5O5/c1-5-37(6-2)30(40)21-44-36-32(34(42)43)31-33(41)39(29-16-8-7-15-28(29)35-31)27-19-24-13-10-14-25(20-27)38(24)26-17-22(3)11-9-12-23(4)18-26/h7-8,15-16,22-27H,5-6,9-14,17-21H2,1-4H3,(H,42,43)/b36-32-. The molecular weight excluding hydrogens is 558 g/mol. The van der Waals surface area contributed by atoms with E-state index in [2.05, 4.69) is 28.9 Å². The Bertz CT molecular complexity index is 1390. The van der Waals surface area contributed by atoms with Crippen molar-refractivity contribution in [3.8, 4) is 0 Å². The fourth-order valence-corrected chi connectivity index (χ4v) is 8.19. The third-order valence-corrected chi connectivity index (χ3v) is 10.2. The molecule has 1 aliphatic carbocycles. The molecule has 5 rings (SSSR count). The lowest BCUT2D eigenvalue weighted by atomic mass is 9.76. The number of hydrogen-bond acceptors (Lipinski definition) is 7. The van der Waals surface area contributed by atoms with Crippen LogP contribution in [0.4, 0.5) is 0 Å². The van der Waals surface area contributed by atoms with Gasteiger partial charge in [-0.15, -0.1) is 0 Å². The van der Waals surface area contributed by atoms with Gasteiger partial charge in [-0.2, -0.15) is 0 Å². The quantitative estimate of drug-likeness (QED) is 0.306. The van der Waals surface area contributed by atoms with Gasteiger partial charge in [0.2, 0.25) is 5.71 Å². The molecule has 4 atom stereocenters. The number of carbonyl (C=O) groups is 2. The van der Waals surface area contributed by atoms with Crippen LogP contribution in [0, 0.1) is 11.8 Å². The molecule has 0 spiro atoms. The number of amides is 1. The number of carboxylic acids is 1. The number of oxime groups is 1. The molecule has 240 valence electrons. The Morgan fingerprint density at radius 1 is 0.932 bits per heavy atom. The van der Waals surface area contributed by atoms with E-state index < -0.39 is 23.8 Å².